The molecule has 134 valence electrons. The lowest BCUT2D eigenvalue weighted by Gasteiger charge is -2.07. The number of amides is 1. The number of carbonyl (C=O) groups is 1. The number of nitro groups is 1. The third kappa shape index (κ3) is 3.86. The Balaban J connectivity index is 1.76. The topological polar surface area (TPSA) is 124 Å². The number of hydrogen-bond donors (Lipinski definition) is 2. The zero-order valence-corrected chi connectivity index (χ0v) is 14.3. The van der Waals surface area contributed by atoms with Crippen molar-refractivity contribution in [2.45, 2.75) is 12.3 Å². The van der Waals surface area contributed by atoms with Gasteiger partial charge in [0, 0.05) is 11.8 Å². The van der Waals surface area contributed by atoms with Gasteiger partial charge in [-0.25, -0.2) is 13.4 Å². The van der Waals surface area contributed by atoms with Gasteiger partial charge >= 0.3 is 0 Å². The molecule has 0 saturated heterocycles. The van der Waals surface area contributed by atoms with E-state index in [9.17, 15) is 23.3 Å². The summed E-state index contributed by atoms with van der Waals surface area (Å²) in [4.78, 5) is 27.0. The van der Waals surface area contributed by atoms with Crippen LogP contribution >= 0.6 is 0 Å². The summed E-state index contributed by atoms with van der Waals surface area (Å²) in [5, 5.41) is 13.8. The fourth-order valence-corrected chi connectivity index (χ4v) is 3.08. The number of rotatable bonds is 6. The first-order valence-electron chi connectivity index (χ1n) is 7.53. The lowest BCUT2D eigenvalue weighted by atomic mass is 10.2. The van der Waals surface area contributed by atoms with Gasteiger partial charge in [-0.2, -0.15) is 0 Å². The van der Waals surface area contributed by atoms with Gasteiger partial charge in [0.05, 0.1) is 22.5 Å². The molecule has 2 aromatic carbocycles. The molecule has 26 heavy (non-hydrogen) atoms. The van der Waals surface area contributed by atoms with Crippen LogP contribution in [-0.2, 0) is 27.8 Å². The summed E-state index contributed by atoms with van der Waals surface area (Å²) >= 11 is 0. The van der Waals surface area contributed by atoms with Crippen molar-refractivity contribution < 1.29 is 18.1 Å². The first-order valence-corrected chi connectivity index (χ1v) is 8.89. The molecule has 1 N–H and O–H groups in total. The quantitative estimate of drug-likeness (QED) is 0.384. The van der Waals surface area contributed by atoms with E-state index >= 15 is 0 Å². The molecule has 0 saturated carbocycles. The van der Waals surface area contributed by atoms with Crippen LogP contribution in [0, 0.1) is 10.1 Å². The maximum atomic E-state index is 12.2. The maximum absolute atomic E-state index is 12.2. The smallest absolute Gasteiger partial charge is 0.295 e. The van der Waals surface area contributed by atoms with Crippen molar-refractivity contribution in [2.24, 2.45) is 0 Å². The first-order chi connectivity index (χ1) is 12.4. The number of aromatic nitrogens is 2. The fourth-order valence-electron chi connectivity index (χ4n) is 2.57. The second kappa shape index (κ2) is 7.31. The second-order valence-electron chi connectivity index (χ2n) is 5.51. The summed E-state index contributed by atoms with van der Waals surface area (Å²) in [6, 6.07) is 10.9. The summed E-state index contributed by atoms with van der Waals surface area (Å²) in [5.41, 5.74) is 1.71. The summed E-state index contributed by atoms with van der Waals surface area (Å²) in [6.07, 6.45) is 1.38. The SMILES string of the molecule is O=C(Cn1cnc2cccc([N+](=O)[O-])c21)Nc1ccc(C[SH](=O)=O)cc1. The number of hydrogen-bond acceptors (Lipinski definition) is 6. The van der Waals surface area contributed by atoms with Crippen LogP contribution in [0.2, 0.25) is 0 Å². The molecule has 0 unspecified atom stereocenters. The van der Waals surface area contributed by atoms with Crippen LogP contribution in [0.15, 0.2) is 48.8 Å². The number of nitrogens with zero attached hydrogens (tertiary/aromatic N) is 3. The van der Waals surface area contributed by atoms with Crippen molar-refractivity contribution in [3.05, 3.63) is 64.5 Å². The number of fused-ring (bicyclic) bond motifs is 1. The van der Waals surface area contributed by atoms with E-state index in [-0.39, 0.29) is 29.4 Å². The van der Waals surface area contributed by atoms with Crippen molar-refractivity contribution >= 4 is 39.0 Å². The first kappa shape index (κ1) is 17.5. The van der Waals surface area contributed by atoms with Gasteiger partial charge in [-0.05, 0) is 23.8 Å². The minimum atomic E-state index is -2.51. The Hall–Kier alpha value is -3.27. The van der Waals surface area contributed by atoms with Gasteiger partial charge < -0.3 is 9.88 Å². The molecule has 0 aliphatic rings. The van der Waals surface area contributed by atoms with Crippen molar-refractivity contribution in [3.63, 3.8) is 0 Å². The van der Waals surface area contributed by atoms with Gasteiger partial charge in [0.2, 0.25) is 5.91 Å². The zero-order chi connectivity index (χ0) is 18.7. The van der Waals surface area contributed by atoms with Crippen LogP contribution in [0.5, 0.6) is 0 Å². The highest BCUT2D eigenvalue weighted by Gasteiger charge is 2.17. The number of nitro benzene ring substituents is 1. The largest absolute Gasteiger partial charge is 0.325 e. The molecule has 0 spiro atoms. The number of benzene rings is 2. The highest BCUT2D eigenvalue weighted by Crippen LogP contribution is 2.24. The predicted octanol–water partition coefficient (Wildman–Crippen LogP) is 1.69. The molecule has 10 heteroatoms. The van der Waals surface area contributed by atoms with Crippen molar-refractivity contribution in [1.29, 1.82) is 0 Å². The van der Waals surface area contributed by atoms with E-state index in [1.807, 2.05) is 0 Å². The Morgan fingerprint density at radius 2 is 1.92 bits per heavy atom. The van der Waals surface area contributed by atoms with Crippen LogP contribution in [-0.4, -0.2) is 28.8 Å². The van der Waals surface area contributed by atoms with E-state index in [0.717, 1.165) is 0 Å². The van der Waals surface area contributed by atoms with E-state index in [1.54, 1.807) is 30.3 Å². The summed E-state index contributed by atoms with van der Waals surface area (Å²) < 4.78 is 22.8. The highest BCUT2D eigenvalue weighted by atomic mass is 32.2. The Morgan fingerprint density at radius 3 is 2.58 bits per heavy atom. The minimum absolute atomic E-state index is 0.0613. The van der Waals surface area contributed by atoms with Gasteiger partial charge in [-0.3, -0.25) is 14.9 Å². The molecule has 0 aliphatic carbocycles. The molecule has 1 aromatic heterocycles. The van der Waals surface area contributed by atoms with Crippen LogP contribution in [0.3, 0.4) is 0 Å². The van der Waals surface area contributed by atoms with Gasteiger partial charge in [0.1, 0.15) is 22.8 Å². The van der Waals surface area contributed by atoms with Crippen LogP contribution in [0.1, 0.15) is 5.56 Å². The fraction of sp³-hybridized carbons (Fsp3) is 0.125. The van der Waals surface area contributed by atoms with Gasteiger partial charge in [-0.1, -0.05) is 18.2 Å². The average Bonchev–Trinajstić information content (AvgIpc) is 2.99. The molecular weight excluding hydrogens is 360 g/mol. The Morgan fingerprint density at radius 1 is 1.19 bits per heavy atom. The highest BCUT2D eigenvalue weighted by molar-refractivity contribution is 7.71. The number of carbonyl (C=O) groups excluding carboxylic acids is 1. The van der Waals surface area contributed by atoms with Crippen molar-refractivity contribution in [3.8, 4) is 0 Å². The lowest BCUT2D eigenvalue weighted by molar-refractivity contribution is -0.383. The number of nitrogens with one attached hydrogen (secondary N) is 1. The maximum Gasteiger partial charge on any atom is 0.295 e. The predicted molar refractivity (Wildman–Crippen MR) is 95.5 cm³/mol. The molecule has 0 aliphatic heterocycles. The van der Waals surface area contributed by atoms with Crippen molar-refractivity contribution in [2.75, 3.05) is 5.32 Å². The van der Waals surface area contributed by atoms with Crippen LogP contribution < -0.4 is 5.32 Å². The van der Waals surface area contributed by atoms with E-state index in [4.69, 9.17) is 0 Å². The molecular formula is C16H14N4O5S. The van der Waals surface area contributed by atoms with Crippen LogP contribution in [0.25, 0.3) is 11.0 Å². The minimum Gasteiger partial charge on any atom is -0.325 e. The normalized spacial score (nSPS) is 11.0. The zero-order valence-electron chi connectivity index (χ0n) is 13.4. The standard InChI is InChI=1S/C16H14N4O5S/c21-15(18-12-6-4-11(5-7-12)9-26(24)25)8-19-10-17-13-2-1-3-14(16(13)19)20(22)23/h1-7,10,26H,8-9H2,(H,18,21). The van der Waals surface area contributed by atoms with Gasteiger partial charge in [-0.15, -0.1) is 0 Å². The van der Waals surface area contributed by atoms with Crippen molar-refractivity contribution in [1.82, 2.24) is 9.55 Å². The Labute approximate surface area is 149 Å². The average molecular weight is 374 g/mol. The Bertz CT molecular complexity index is 1050. The molecule has 3 rings (SSSR count). The molecule has 1 heterocycles. The molecule has 0 atom stereocenters. The summed E-state index contributed by atoms with van der Waals surface area (Å²) in [7, 11) is -2.51. The second-order valence-corrected chi connectivity index (χ2v) is 6.49. The van der Waals surface area contributed by atoms with E-state index < -0.39 is 15.6 Å². The molecule has 9 nitrogen and oxygen atoms in total. The summed E-state index contributed by atoms with van der Waals surface area (Å²) in [5.74, 6) is -0.445. The monoisotopic (exact) mass is 374 g/mol. The molecule has 0 fully saturated rings. The number of imidazole rings is 1. The lowest BCUT2D eigenvalue weighted by Crippen LogP contribution is -2.18. The number of anilines is 1. The third-order valence-electron chi connectivity index (χ3n) is 3.68. The summed E-state index contributed by atoms with van der Waals surface area (Å²) in [6.45, 7) is -0.143. The number of thiol groups is 1. The van der Waals surface area contributed by atoms with Gasteiger partial charge in [0.15, 0.2) is 0 Å². The molecule has 0 radical (unpaired) electrons. The van der Waals surface area contributed by atoms with Crippen LogP contribution in [0.4, 0.5) is 11.4 Å². The number of para-hydroxylation sites is 1. The third-order valence-corrected chi connectivity index (χ3v) is 4.30. The van der Waals surface area contributed by atoms with E-state index in [2.05, 4.69) is 10.3 Å². The number of non-ortho nitro benzene ring substituents is 1. The van der Waals surface area contributed by atoms with E-state index in [0.29, 0.717) is 16.8 Å². The molecule has 1 amide bonds. The van der Waals surface area contributed by atoms with E-state index in [1.165, 1.54) is 23.0 Å². The van der Waals surface area contributed by atoms with Gasteiger partial charge in [0.25, 0.3) is 5.69 Å². The molecule has 0 bridgehead atoms. The molecule has 3 aromatic rings. The Kier molecular flexibility index (Phi) is 4.94.